The number of para-hydroxylation sites is 1. The third-order valence-corrected chi connectivity index (χ3v) is 3.76. The summed E-state index contributed by atoms with van der Waals surface area (Å²) in [5, 5.41) is 0. The summed E-state index contributed by atoms with van der Waals surface area (Å²) in [5.74, 6) is 1.63. The van der Waals surface area contributed by atoms with E-state index < -0.39 is 0 Å². The lowest BCUT2D eigenvalue weighted by Crippen LogP contribution is -2.29. The first-order chi connectivity index (χ1) is 12.1. The van der Waals surface area contributed by atoms with Gasteiger partial charge in [0.05, 0.1) is 13.2 Å². The summed E-state index contributed by atoms with van der Waals surface area (Å²) in [4.78, 5) is 13.8. The fraction of sp³-hybridized carbons (Fsp3) is 0.286. The molecule has 0 bridgehead atoms. The van der Waals surface area contributed by atoms with Crippen LogP contribution in [0.2, 0.25) is 0 Å². The molecule has 0 aromatic heterocycles. The Hall–Kier alpha value is -2.75. The number of rotatable bonds is 8. The molecule has 0 heterocycles. The fourth-order valence-corrected chi connectivity index (χ4v) is 2.26. The Bertz CT molecular complexity index is 707. The van der Waals surface area contributed by atoms with Crippen LogP contribution >= 0.6 is 0 Å². The first-order valence-electron chi connectivity index (χ1n) is 8.44. The molecule has 0 radical (unpaired) electrons. The van der Waals surface area contributed by atoms with Gasteiger partial charge in [-0.15, -0.1) is 0 Å². The van der Waals surface area contributed by atoms with E-state index in [1.54, 1.807) is 24.1 Å². The van der Waals surface area contributed by atoms with Crippen LogP contribution in [0.4, 0.5) is 0 Å². The molecule has 0 atom stereocenters. The van der Waals surface area contributed by atoms with Crippen molar-refractivity contribution in [3.05, 3.63) is 65.7 Å². The summed E-state index contributed by atoms with van der Waals surface area (Å²) in [6.45, 7) is 5.59. The third kappa shape index (κ3) is 5.99. The Balaban J connectivity index is 1.80. The van der Waals surface area contributed by atoms with Gasteiger partial charge >= 0.3 is 0 Å². The van der Waals surface area contributed by atoms with Gasteiger partial charge in [0, 0.05) is 13.1 Å². The Morgan fingerprint density at radius 2 is 1.80 bits per heavy atom. The predicted octanol–water partition coefficient (Wildman–Crippen LogP) is 3.94. The molecule has 0 aliphatic carbocycles. The standard InChI is InChI=1S/C21H25NO3/c1-4-24-19-12-9-18(10-13-19)11-14-21(23)22(3)15-16-25-20-8-6-5-7-17(20)2/h5-14H,4,15-16H2,1-3H3/b14-11+. The minimum atomic E-state index is -0.0535. The molecule has 0 aliphatic rings. The Morgan fingerprint density at radius 3 is 2.48 bits per heavy atom. The lowest BCUT2D eigenvalue weighted by atomic mass is 10.2. The van der Waals surface area contributed by atoms with Gasteiger partial charge in [-0.1, -0.05) is 30.3 Å². The fourth-order valence-electron chi connectivity index (χ4n) is 2.26. The van der Waals surface area contributed by atoms with Crippen molar-refractivity contribution in [3.8, 4) is 11.5 Å². The zero-order valence-electron chi connectivity index (χ0n) is 15.1. The highest BCUT2D eigenvalue weighted by molar-refractivity contribution is 5.91. The highest BCUT2D eigenvalue weighted by atomic mass is 16.5. The quantitative estimate of drug-likeness (QED) is 0.684. The highest BCUT2D eigenvalue weighted by Gasteiger charge is 2.05. The number of amides is 1. The van der Waals surface area contributed by atoms with Crippen LogP contribution in [0.3, 0.4) is 0 Å². The normalized spacial score (nSPS) is 10.7. The summed E-state index contributed by atoms with van der Waals surface area (Å²) in [7, 11) is 1.77. The summed E-state index contributed by atoms with van der Waals surface area (Å²) in [5.41, 5.74) is 2.05. The maximum atomic E-state index is 12.2. The number of hydrogen-bond acceptors (Lipinski definition) is 3. The first-order valence-corrected chi connectivity index (χ1v) is 8.44. The number of nitrogens with zero attached hydrogens (tertiary/aromatic N) is 1. The number of benzene rings is 2. The molecule has 0 unspecified atom stereocenters. The third-order valence-electron chi connectivity index (χ3n) is 3.76. The van der Waals surface area contributed by atoms with E-state index in [1.165, 1.54) is 0 Å². The van der Waals surface area contributed by atoms with Gasteiger partial charge in [-0.3, -0.25) is 4.79 Å². The van der Waals surface area contributed by atoms with E-state index in [2.05, 4.69) is 0 Å². The molecule has 2 rings (SSSR count). The molecule has 0 spiro atoms. The van der Waals surface area contributed by atoms with Gasteiger partial charge < -0.3 is 14.4 Å². The van der Waals surface area contributed by atoms with Crippen LogP contribution in [0.15, 0.2) is 54.6 Å². The summed E-state index contributed by atoms with van der Waals surface area (Å²) < 4.78 is 11.1. The molecule has 25 heavy (non-hydrogen) atoms. The number of carbonyl (C=O) groups excluding carboxylic acids is 1. The van der Waals surface area contributed by atoms with E-state index in [1.807, 2.05) is 62.4 Å². The molecular formula is C21H25NO3. The molecule has 132 valence electrons. The molecule has 4 heteroatoms. The topological polar surface area (TPSA) is 38.8 Å². The van der Waals surface area contributed by atoms with Crippen molar-refractivity contribution >= 4 is 12.0 Å². The molecule has 4 nitrogen and oxygen atoms in total. The van der Waals surface area contributed by atoms with Crippen molar-refractivity contribution in [3.63, 3.8) is 0 Å². The Labute approximate surface area is 149 Å². The lowest BCUT2D eigenvalue weighted by Gasteiger charge is -2.16. The number of carbonyl (C=O) groups is 1. The number of hydrogen-bond donors (Lipinski definition) is 0. The molecule has 1 amide bonds. The zero-order chi connectivity index (χ0) is 18.1. The Kier molecular flexibility index (Phi) is 7.08. The van der Waals surface area contributed by atoms with Crippen molar-refractivity contribution in [2.24, 2.45) is 0 Å². The van der Waals surface area contributed by atoms with Crippen LogP contribution in [0.1, 0.15) is 18.1 Å². The maximum Gasteiger partial charge on any atom is 0.246 e. The predicted molar refractivity (Wildman–Crippen MR) is 101 cm³/mol. The molecule has 2 aromatic rings. The molecule has 0 fully saturated rings. The van der Waals surface area contributed by atoms with Crippen LogP contribution in [-0.4, -0.2) is 37.6 Å². The average Bonchev–Trinajstić information content (AvgIpc) is 2.62. The largest absolute Gasteiger partial charge is 0.494 e. The molecule has 2 aromatic carbocycles. The van der Waals surface area contributed by atoms with Crippen LogP contribution in [0, 0.1) is 6.92 Å². The number of likely N-dealkylation sites (N-methyl/N-ethyl adjacent to an activating group) is 1. The van der Waals surface area contributed by atoms with Crippen molar-refractivity contribution in [2.45, 2.75) is 13.8 Å². The molecule has 0 saturated heterocycles. The van der Waals surface area contributed by atoms with Crippen LogP contribution in [-0.2, 0) is 4.79 Å². The van der Waals surface area contributed by atoms with Gasteiger partial charge in [0.15, 0.2) is 0 Å². The Morgan fingerprint density at radius 1 is 1.08 bits per heavy atom. The SMILES string of the molecule is CCOc1ccc(/C=C/C(=O)N(C)CCOc2ccccc2C)cc1. The molecule has 0 aliphatic heterocycles. The van der Waals surface area contributed by atoms with Gasteiger partial charge in [-0.2, -0.15) is 0 Å². The molecular weight excluding hydrogens is 314 g/mol. The van der Waals surface area contributed by atoms with Gasteiger partial charge in [0.2, 0.25) is 5.91 Å². The average molecular weight is 339 g/mol. The second kappa shape index (κ2) is 9.52. The van der Waals surface area contributed by atoms with Gasteiger partial charge in [-0.25, -0.2) is 0 Å². The second-order valence-electron chi connectivity index (χ2n) is 5.71. The smallest absolute Gasteiger partial charge is 0.246 e. The first kappa shape index (κ1) is 18.6. The van der Waals surface area contributed by atoms with Gasteiger partial charge in [0.25, 0.3) is 0 Å². The van der Waals surface area contributed by atoms with E-state index >= 15 is 0 Å². The molecule has 0 saturated carbocycles. The van der Waals surface area contributed by atoms with E-state index in [-0.39, 0.29) is 5.91 Å². The number of aryl methyl sites for hydroxylation is 1. The van der Waals surface area contributed by atoms with Crippen molar-refractivity contribution in [1.29, 1.82) is 0 Å². The van der Waals surface area contributed by atoms with Gasteiger partial charge in [-0.05, 0) is 49.2 Å². The van der Waals surface area contributed by atoms with Crippen LogP contribution in [0.25, 0.3) is 6.08 Å². The zero-order valence-corrected chi connectivity index (χ0v) is 15.1. The highest BCUT2D eigenvalue weighted by Crippen LogP contribution is 2.16. The van der Waals surface area contributed by atoms with Crippen molar-refractivity contribution < 1.29 is 14.3 Å². The summed E-state index contributed by atoms with van der Waals surface area (Å²) in [6, 6.07) is 15.5. The summed E-state index contributed by atoms with van der Waals surface area (Å²) in [6.07, 6.45) is 3.38. The lowest BCUT2D eigenvalue weighted by molar-refractivity contribution is -0.125. The minimum Gasteiger partial charge on any atom is -0.494 e. The van der Waals surface area contributed by atoms with E-state index in [0.717, 1.165) is 22.6 Å². The summed E-state index contributed by atoms with van der Waals surface area (Å²) >= 11 is 0. The monoisotopic (exact) mass is 339 g/mol. The molecule has 0 N–H and O–H groups in total. The van der Waals surface area contributed by atoms with Gasteiger partial charge in [0.1, 0.15) is 18.1 Å². The number of ether oxygens (including phenoxy) is 2. The van der Waals surface area contributed by atoms with E-state index in [4.69, 9.17) is 9.47 Å². The van der Waals surface area contributed by atoms with Crippen molar-refractivity contribution in [2.75, 3.05) is 26.8 Å². The minimum absolute atomic E-state index is 0.0535. The van der Waals surface area contributed by atoms with Crippen molar-refractivity contribution in [1.82, 2.24) is 4.90 Å². The second-order valence-corrected chi connectivity index (χ2v) is 5.71. The van der Waals surface area contributed by atoms with E-state index in [0.29, 0.717) is 19.8 Å². The van der Waals surface area contributed by atoms with Crippen LogP contribution in [0.5, 0.6) is 11.5 Å². The van der Waals surface area contributed by atoms with Crippen LogP contribution < -0.4 is 9.47 Å². The maximum absolute atomic E-state index is 12.2. The van der Waals surface area contributed by atoms with E-state index in [9.17, 15) is 4.79 Å².